The Morgan fingerprint density at radius 2 is 2.38 bits per heavy atom. The van der Waals surface area contributed by atoms with Crippen molar-refractivity contribution < 1.29 is 9.26 Å². The minimum Gasteiger partial charge on any atom is -0.383 e. The summed E-state index contributed by atoms with van der Waals surface area (Å²) in [6, 6.07) is 1.80. The maximum absolute atomic E-state index is 4.91. The van der Waals surface area contributed by atoms with Gasteiger partial charge in [0.2, 0.25) is 0 Å². The molecule has 0 aliphatic rings. The molecule has 0 atom stereocenters. The number of guanidine groups is 1. The fourth-order valence-electron chi connectivity index (χ4n) is 0.995. The molecule has 92 valence electrons. The van der Waals surface area contributed by atoms with Gasteiger partial charge >= 0.3 is 0 Å². The lowest BCUT2D eigenvalue weighted by Crippen LogP contribution is -2.38. The Morgan fingerprint density at radius 1 is 1.56 bits per heavy atom. The highest BCUT2D eigenvalue weighted by Crippen LogP contribution is 1.92. The van der Waals surface area contributed by atoms with Crippen LogP contribution in [0.3, 0.4) is 0 Å². The smallest absolute Gasteiger partial charge is 0.191 e. The maximum atomic E-state index is 4.91. The average Bonchev–Trinajstić information content (AvgIpc) is 2.76. The summed E-state index contributed by atoms with van der Waals surface area (Å²) in [7, 11) is 3.37. The number of nitrogens with zero attached hydrogens (tertiary/aromatic N) is 2. The van der Waals surface area contributed by atoms with Crippen molar-refractivity contribution in [2.75, 3.05) is 27.3 Å². The van der Waals surface area contributed by atoms with Crippen molar-refractivity contribution in [3.05, 3.63) is 18.0 Å². The normalized spacial score (nSPS) is 10.8. The molecule has 1 aromatic heterocycles. The van der Waals surface area contributed by atoms with Gasteiger partial charge in [0.05, 0.1) is 13.2 Å². The first-order valence-corrected chi connectivity index (χ1v) is 4.69. The third-order valence-electron chi connectivity index (χ3n) is 1.75. The van der Waals surface area contributed by atoms with Gasteiger partial charge in [-0.3, -0.25) is 4.99 Å². The van der Waals surface area contributed by atoms with Crippen LogP contribution >= 0.6 is 24.0 Å². The summed E-state index contributed by atoms with van der Waals surface area (Å²) in [6.45, 7) is 1.95. The highest BCUT2D eigenvalue weighted by molar-refractivity contribution is 14.0. The average molecular weight is 340 g/mol. The fraction of sp³-hybridized carbons (Fsp3) is 0.556. The van der Waals surface area contributed by atoms with Crippen LogP contribution in [-0.4, -0.2) is 38.4 Å². The number of aliphatic imine (C=N–C) groups is 1. The van der Waals surface area contributed by atoms with Crippen molar-refractivity contribution in [1.29, 1.82) is 0 Å². The second-order valence-corrected chi connectivity index (χ2v) is 2.84. The van der Waals surface area contributed by atoms with Crippen molar-refractivity contribution in [2.45, 2.75) is 6.54 Å². The topological polar surface area (TPSA) is 71.7 Å². The fourth-order valence-corrected chi connectivity index (χ4v) is 0.995. The molecule has 6 nitrogen and oxygen atoms in total. The number of hydrogen-bond donors (Lipinski definition) is 2. The van der Waals surface area contributed by atoms with Gasteiger partial charge in [-0.2, -0.15) is 0 Å². The standard InChI is InChI=1S/C9H16N4O2.HI/c1-10-9(11-4-6-14-2)12-7-8-3-5-15-13-8;/h3,5H,4,6-7H2,1-2H3,(H2,10,11,12);1H. The van der Waals surface area contributed by atoms with E-state index in [4.69, 9.17) is 9.26 Å². The molecule has 0 saturated carbocycles. The van der Waals surface area contributed by atoms with E-state index in [2.05, 4.69) is 20.8 Å². The van der Waals surface area contributed by atoms with Crippen LogP contribution in [0.1, 0.15) is 5.69 Å². The summed E-state index contributed by atoms with van der Waals surface area (Å²) in [5, 5.41) is 9.95. The van der Waals surface area contributed by atoms with E-state index in [9.17, 15) is 0 Å². The molecule has 2 N–H and O–H groups in total. The largest absolute Gasteiger partial charge is 0.383 e. The molecule has 1 rings (SSSR count). The first-order chi connectivity index (χ1) is 7.36. The molecule has 0 fully saturated rings. The summed E-state index contributed by atoms with van der Waals surface area (Å²) >= 11 is 0. The molecule has 0 aromatic carbocycles. The van der Waals surface area contributed by atoms with E-state index in [0.29, 0.717) is 13.2 Å². The van der Waals surface area contributed by atoms with Gasteiger partial charge in [0.25, 0.3) is 0 Å². The Bertz CT molecular complexity index is 290. The van der Waals surface area contributed by atoms with Gasteiger partial charge in [-0.25, -0.2) is 0 Å². The van der Waals surface area contributed by atoms with Gasteiger partial charge in [0.1, 0.15) is 12.0 Å². The van der Waals surface area contributed by atoms with Crippen LogP contribution in [0.2, 0.25) is 0 Å². The predicted octanol–water partition coefficient (Wildman–Crippen LogP) is 0.604. The highest BCUT2D eigenvalue weighted by Gasteiger charge is 1.99. The van der Waals surface area contributed by atoms with Crippen LogP contribution < -0.4 is 10.6 Å². The van der Waals surface area contributed by atoms with Crippen molar-refractivity contribution in [2.24, 2.45) is 4.99 Å². The van der Waals surface area contributed by atoms with Crippen molar-refractivity contribution in [3.8, 4) is 0 Å². The Kier molecular flexibility index (Phi) is 8.91. The van der Waals surface area contributed by atoms with Gasteiger partial charge in [0, 0.05) is 26.8 Å². The molecular formula is C9H17IN4O2. The number of halogens is 1. The Balaban J connectivity index is 0.00000225. The number of methoxy groups -OCH3 is 1. The first-order valence-electron chi connectivity index (χ1n) is 4.69. The third kappa shape index (κ3) is 5.91. The van der Waals surface area contributed by atoms with E-state index < -0.39 is 0 Å². The third-order valence-corrected chi connectivity index (χ3v) is 1.75. The van der Waals surface area contributed by atoms with Crippen molar-refractivity contribution in [1.82, 2.24) is 15.8 Å². The van der Waals surface area contributed by atoms with Crippen LogP contribution in [0.25, 0.3) is 0 Å². The number of nitrogens with one attached hydrogen (secondary N) is 2. The van der Waals surface area contributed by atoms with Gasteiger partial charge in [-0.05, 0) is 0 Å². The summed E-state index contributed by atoms with van der Waals surface area (Å²) in [5.41, 5.74) is 0.838. The van der Waals surface area contributed by atoms with Crippen LogP contribution in [0.15, 0.2) is 21.8 Å². The number of ether oxygens (including phenoxy) is 1. The second kappa shape index (κ2) is 9.40. The molecule has 0 spiro atoms. The molecule has 0 unspecified atom stereocenters. The van der Waals surface area contributed by atoms with E-state index in [1.807, 2.05) is 0 Å². The molecule has 0 radical (unpaired) electrons. The molecule has 16 heavy (non-hydrogen) atoms. The Labute approximate surface area is 112 Å². The summed E-state index contributed by atoms with van der Waals surface area (Å²) in [4.78, 5) is 4.04. The van der Waals surface area contributed by atoms with Crippen molar-refractivity contribution in [3.63, 3.8) is 0 Å². The van der Waals surface area contributed by atoms with Crippen LogP contribution in [0.4, 0.5) is 0 Å². The molecule has 7 heteroatoms. The quantitative estimate of drug-likeness (QED) is 0.356. The monoisotopic (exact) mass is 340 g/mol. The summed E-state index contributed by atoms with van der Waals surface area (Å²) in [5.74, 6) is 0.718. The lowest BCUT2D eigenvalue weighted by Gasteiger charge is -2.09. The molecule has 1 heterocycles. The Hall–Kier alpha value is -0.830. The molecule has 0 saturated heterocycles. The SMILES string of the molecule is CN=C(NCCOC)NCc1ccon1.I. The zero-order valence-corrected chi connectivity index (χ0v) is 11.7. The van der Waals surface area contributed by atoms with E-state index in [1.165, 1.54) is 6.26 Å². The molecular weight excluding hydrogens is 323 g/mol. The maximum Gasteiger partial charge on any atom is 0.191 e. The number of hydrogen-bond acceptors (Lipinski definition) is 4. The molecule has 0 aliphatic heterocycles. The van der Waals surface area contributed by atoms with Crippen molar-refractivity contribution >= 4 is 29.9 Å². The summed E-state index contributed by atoms with van der Waals surface area (Å²) in [6.07, 6.45) is 1.54. The first kappa shape index (κ1) is 15.2. The molecule has 0 amide bonds. The van der Waals surface area contributed by atoms with Crippen LogP contribution in [0, 0.1) is 0 Å². The highest BCUT2D eigenvalue weighted by atomic mass is 127. The van der Waals surface area contributed by atoms with Crippen LogP contribution in [0.5, 0.6) is 0 Å². The van der Waals surface area contributed by atoms with E-state index in [0.717, 1.165) is 18.2 Å². The summed E-state index contributed by atoms with van der Waals surface area (Å²) < 4.78 is 9.62. The van der Waals surface area contributed by atoms with Gasteiger partial charge in [-0.15, -0.1) is 24.0 Å². The molecule has 0 bridgehead atoms. The second-order valence-electron chi connectivity index (χ2n) is 2.84. The molecule has 1 aromatic rings. The minimum atomic E-state index is 0. The van der Waals surface area contributed by atoms with Crippen LogP contribution in [-0.2, 0) is 11.3 Å². The van der Waals surface area contributed by atoms with E-state index in [-0.39, 0.29) is 24.0 Å². The van der Waals surface area contributed by atoms with E-state index >= 15 is 0 Å². The van der Waals surface area contributed by atoms with Gasteiger partial charge in [-0.1, -0.05) is 5.16 Å². The lowest BCUT2D eigenvalue weighted by atomic mass is 10.4. The van der Waals surface area contributed by atoms with Gasteiger partial charge in [0.15, 0.2) is 5.96 Å². The zero-order chi connectivity index (χ0) is 10.9. The predicted molar refractivity (Wildman–Crippen MR) is 72.0 cm³/mol. The van der Waals surface area contributed by atoms with Gasteiger partial charge < -0.3 is 19.9 Å². The zero-order valence-electron chi connectivity index (χ0n) is 9.40. The number of aromatic nitrogens is 1. The van der Waals surface area contributed by atoms with E-state index in [1.54, 1.807) is 20.2 Å². The number of rotatable bonds is 5. The minimum absolute atomic E-state index is 0. The lowest BCUT2D eigenvalue weighted by molar-refractivity contribution is 0.203. The Morgan fingerprint density at radius 3 is 2.94 bits per heavy atom. The molecule has 0 aliphatic carbocycles.